The molecule has 24 heavy (non-hydrogen) atoms. The highest BCUT2D eigenvalue weighted by atomic mass is 16.5. The van der Waals surface area contributed by atoms with Gasteiger partial charge >= 0.3 is 11.9 Å². The van der Waals surface area contributed by atoms with E-state index in [-0.39, 0.29) is 12.8 Å². The molecule has 122 valence electrons. The first-order chi connectivity index (χ1) is 11.6. The van der Waals surface area contributed by atoms with Gasteiger partial charge in [0.2, 0.25) is 0 Å². The summed E-state index contributed by atoms with van der Waals surface area (Å²) in [7, 11) is 0. The molecule has 1 N–H and O–H groups in total. The van der Waals surface area contributed by atoms with Crippen LogP contribution < -0.4 is 4.74 Å². The molecule has 0 aliphatic carbocycles. The lowest BCUT2D eigenvalue weighted by molar-refractivity contribution is -0.142. The number of carbonyl (C=O) groups excluding carboxylic acids is 1. The molecule has 0 aliphatic rings. The van der Waals surface area contributed by atoms with E-state index in [1.165, 1.54) is 5.56 Å². The first kappa shape index (κ1) is 16.0. The van der Waals surface area contributed by atoms with E-state index in [2.05, 4.69) is 19.1 Å². The Balaban J connectivity index is 2.15. The van der Waals surface area contributed by atoms with Crippen LogP contribution in [0.3, 0.4) is 0 Å². The monoisotopic (exact) mass is 322 g/mol. The number of rotatable bonds is 5. The van der Waals surface area contributed by atoms with Gasteiger partial charge in [0.15, 0.2) is 0 Å². The molecular weight excluding hydrogens is 304 g/mol. The van der Waals surface area contributed by atoms with Gasteiger partial charge in [-0.3, -0.25) is 9.59 Å². The zero-order valence-corrected chi connectivity index (χ0v) is 13.4. The lowest BCUT2D eigenvalue weighted by Crippen LogP contribution is -2.11. The van der Waals surface area contributed by atoms with Crippen molar-refractivity contribution in [3.63, 3.8) is 0 Å². The third-order valence-corrected chi connectivity index (χ3v) is 4.09. The molecule has 0 amide bonds. The van der Waals surface area contributed by atoms with E-state index < -0.39 is 11.9 Å². The second kappa shape index (κ2) is 6.71. The Morgan fingerprint density at radius 1 is 0.958 bits per heavy atom. The van der Waals surface area contributed by atoms with E-state index >= 15 is 0 Å². The number of carbonyl (C=O) groups is 2. The largest absolute Gasteiger partial charge is 0.481 e. The van der Waals surface area contributed by atoms with Crippen LogP contribution in [0.15, 0.2) is 48.5 Å². The van der Waals surface area contributed by atoms with Crippen molar-refractivity contribution in [2.24, 2.45) is 0 Å². The number of esters is 1. The zero-order chi connectivity index (χ0) is 17.1. The fourth-order valence-corrected chi connectivity index (χ4v) is 2.90. The number of fused-ring (bicyclic) bond motifs is 2. The smallest absolute Gasteiger partial charge is 0.311 e. The van der Waals surface area contributed by atoms with Gasteiger partial charge in [-0.05, 0) is 28.8 Å². The SMILES string of the molecule is CCc1cccc2c(OC(=O)CCC(=O)O)c3ccccc3cc12. The molecule has 4 heteroatoms. The number of aliphatic carboxylic acids is 1. The number of carboxylic acid groups (broad SMARTS) is 1. The molecular formula is C20H18O4. The lowest BCUT2D eigenvalue weighted by atomic mass is 9.97. The van der Waals surface area contributed by atoms with Crippen molar-refractivity contribution >= 4 is 33.5 Å². The summed E-state index contributed by atoms with van der Waals surface area (Å²) >= 11 is 0. The maximum atomic E-state index is 12.1. The minimum atomic E-state index is -1.01. The van der Waals surface area contributed by atoms with Crippen LogP contribution in [0.4, 0.5) is 0 Å². The Morgan fingerprint density at radius 3 is 2.46 bits per heavy atom. The summed E-state index contributed by atoms with van der Waals surface area (Å²) in [5.74, 6) is -1.03. The molecule has 0 saturated carbocycles. The van der Waals surface area contributed by atoms with Crippen LogP contribution in [0.25, 0.3) is 21.5 Å². The summed E-state index contributed by atoms with van der Waals surface area (Å²) in [6.07, 6.45) is 0.497. The summed E-state index contributed by atoms with van der Waals surface area (Å²) in [6.45, 7) is 2.09. The first-order valence-electron chi connectivity index (χ1n) is 7.96. The predicted octanol–water partition coefficient (Wildman–Crippen LogP) is 4.33. The van der Waals surface area contributed by atoms with Gasteiger partial charge in [-0.25, -0.2) is 0 Å². The molecule has 4 nitrogen and oxygen atoms in total. The number of aryl methyl sites for hydroxylation is 1. The molecule has 0 radical (unpaired) electrons. The van der Waals surface area contributed by atoms with E-state index in [9.17, 15) is 9.59 Å². The Kier molecular flexibility index (Phi) is 4.47. The van der Waals surface area contributed by atoms with Crippen LogP contribution in [0.2, 0.25) is 0 Å². The highest BCUT2D eigenvalue weighted by molar-refractivity contribution is 6.07. The molecule has 0 atom stereocenters. The number of carboxylic acids is 1. The van der Waals surface area contributed by atoms with Crippen LogP contribution in [0, 0.1) is 0 Å². The summed E-state index contributed by atoms with van der Waals surface area (Å²) in [4.78, 5) is 22.7. The summed E-state index contributed by atoms with van der Waals surface area (Å²) in [6, 6.07) is 15.8. The normalized spacial score (nSPS) is 10.9. The topological polar surface area (TPSA) is 63.6 Å². The van der Waals surface area contributed by atoms with E-state index in [1.807, 2.05) is 36.4 Å². The molecule has 0 heterocycles. The minimum Gasteiger partial charge on any atom is -0.481 e. The van der Waals surface area contributed by atoms with Crippen molar-refractivity contribution in [2.45, 2.75) is 26.2 Å². The predicted molar refractivity (Wildman–Crippen MR) is 93.3 cm³/mol. The van der Waals surface area contributed by atoms with Gasteiger partial charge in [-0.1, -0.05) is 49.4 Å². The van der Waals surface area contributed by atoms with Crippen molar-refractivity contribution in [3.05, 3.63) is 54.1 Å². The number of benzene rings is 3. The molecule has 0 fully saturated rings. The van der Waals surface area contributed by atoms with Crippen LogP contribution in [-0.4, -0.2) is 17.0 Å². The summed E-state index contributed by atoms with van der Waals surface area (Å²) in [5, 5.41) is 12.5. The Morgan fingerprint density at radius 2 is 1.71 bits per heavy atom. The maximum absolute atomic E-state index is 12.1. The average Bonchev–Trinajstić information content (AvgIpc) is 2.59. The number of hydrogen-bond donors (Lipinski definition) is 1. The molecule has 0 aromatic heterocycles. The number of hydrogen-bond acceptors (Lipinski definition) is 3. The van der Waals surface area contributed by atoms with E-state index in [0.29, 0.717) is 5.75 Å². The molecule has 0 saturated heterocycles. The fraction of sp³-hybridized carbons (Fsp3) is 0.200. The average molecular weight is 322 g/mol. The van der Waals surface area contributed by atoms with Crippen molar-refractivity contribution in [2.75, 3.05) is 0 Å². The van der Waals surface area contributed by atoms with Gasteiger partial charge in [-0.2, -0.15) is 0 Å². The van der Waals surface area contributed by atoms with Crippen molar-refractivity contribution < 1.29 is 19.4 Å². The van der Waals surface area contributed by atoms with Crippen LogP contribution >= 0.6 is 0 Å². The zero-order valence-electron chi connectivity index (χ0n) is 13.4. The molecule has 3 aromatic rings. The van der Waals surface area contributed by atoms with Gasteiger partial charge in [0.1, 0.15) is 5.75 Å². The van der Waals surface area contributed by atoms with E-state index in [4.69, 9.17) is 9.84 Å². The molecule has 3 aromatic carbocycles. The minimum absolute atomic E-state index is 0.145. The van der Waals surface area contributed by atoms with Crippen LogP contribution in [0.5, 0.6) is 5.75 Å². The standard InChI is InChI=1S/C20H18O4/c1-2-13-7-5-9-16-17(13)12-14-6-3-4-8-15(14)20(16)24-19(23)11-10-18(21)22/h3-9,12H,2,10-11H2,1H3,(H,21,22). The van der Waals surface area contributed by atoms with Gasteiger partial charge in [0, 0.05) is 10.8 Å². The van der Waals surface area contributed by atoms with Crippen LogP contribution in [-0.2, 0) is 16.0 Å². The maximum Gasteiger partial charge on any atom is 0.311 e. The van der Waals surface area contributed by atoms with Crippen molar-refractivity contribution in [1.82, 2.24) is 0 Å². The lowest BCUT2D eigenvalue weighted by Gasteiger charge is -2.13. The van der Waals surface area contributed by atoms with Gasteiger partial charge in [-0.15, -0.1) is 0 Å². The summed E-state index contributed by atoms with van der Waals surface area (Å²) < 4.78 is 5.59. The Bertz CT molecular complexity index is 927. The highest BCUT2D eigenvalue weighted by Gasteiger charge is 2.15. The first-order valence-corrected chi connectivity index (χ1v) is 7.96. The van der Waals surface area contributed by atoms with Crippen molar-refractivity contribution in [3.8, 4) is 5.75 Å². The third kappa shape index (κ3) is 3.08. The van der Waals surface area contributed by atoms with Crippen LogP contribution in [0.1, 0.15) is 25.3 Å². The highest BCUT2D eigenvalue weighted by Crippen LogP contribution is 2.36. The number of ether oxygens (including phenoxy) is 1. The van der Waals surface area contributed by atoms with Gasteiger partial charge < -0.3 is 9.84 Å². The van der Waals surface area contributed by atoms with E-state index in [1.54, 1.807) is 0 Å². The summed E-state index contributed by atoms with van der Waals surface area (Å²) in [5.41, 5.74) is 1.18. The fourth-order valence-electron chi connectivity index (χ4n) is 2.90. The third-order valence-electron chi connectivity index (χ3n) is 4.09. The van der Waals surface area contributed by atoms with Gasteiger partial charge in [0.05, 0.1) is 12.8 Å². The Labute approximate surface area is 139 Å². The molecule has 0 unspecified atom stereocenters. The van der Waals surface area contributed by atoms with E-state index in [0.717, 1.165) is 28.0 Å². The molecule has 0 aliphatic heterocycles. The Hall–Kier alpha value is -2.88. The second-order valence-corrected chi connectivity index (χ2v) is 5.66. The molecule has 3 rings (SSSR count). The molecule has 0 bridgehead atoms. The second-order valence-electron chi connectivity index (χ2n) is 5.66. The van der Waals surface area contributed by atoms with Gasteiger partial charge in [0.25, 0.3) is 0 Å². The van der Waals surface area contributed by atoms with Crippen molar-refractivity contribution in [1.29, 1.82) is 0 Å². The molecule has 0 spiro atoms. The quantitative estimate of drug-likeness (QED) is 0.431.